The summed E-state index contributed by atoms with van der Waals surface area (Å²) in [5.74, 6) is 0.162. The molecule has 1 aromatic rings. The fourth-order valence-corrected chi connectivity index (χ4v) is 4.31. The Balaban J connectivity index is 1.55. The minimum Gasteiger partial charge on any atom is -0.350 e. The molecule has 0 atom stereocenters. The Morgan fingerprint density at radius 3 is 3.00 bits per heavy atom. The highest BCUT2D eigenvalue weighted by molar-refractivity contribution is 7.09. The summed E-state index contributed by atoms with van der Waals surface area (Å²) in [6, 6.07) is 4.10. The highest BCUT2D eigenvalue weighted by Crippen LogP contribution is 2.34. The fraction of sp³-hybridized carbons (Fsp3) is 0.688. The van der Waals surface area contributed by atoms with Crippen LogP contribution in [-0.2, 0) is 11.3 Å². The molecule has 1 saturated carbocycles. The molecule has 1 saturated heterocycles. The summed E-state index contributed by atoms with van der Waals surface area (Å²) in [4.78, 5) is 15.9. The number of piperazine rings is 1. The number of thiophene rings is 1. The Morgan fingerprint density at radius 1 is 1.38 bits per heavy atom. The third kappa shape index (κ3) is 3.65. The van der Waals surface area contributed by atoms with Crippen LogP contribution in [0.25, 0.3) is 0 Å². The van der Waals surface area contributed by atoms with Gasteiger partial charge in [0.05, 0.1) is 13.1 Å². The number of nitrogens with zero attached hydrogens (tertiary/aromatic N) is 1. The van der Waals surface area contributed by atoms with Crippen LogP contribution in [0.3, 0.4) is 0 Å². The van der Waals surface area contributed by atoms with Crippen LogP contribution in [0.4, 0.5) is 0 Å². The van der Waals surface area contributed by atoms with Gasteiger partial charge in [0, 0.05) is 30.1 Å². The van der Waals surface area contributed by atoms with Gasteiger partial charge in [-0.1, -0.05) is 25.3 Å². The molecule has 0 unspecified atom stereocenters. The van der Waals surface area contributed by atoms with Crippen molar-refractivity contribution >= 4 is 17.2 Å². The second-order valence-corrected chi connectivity index (χ2v) is 7.27. The molecule has 0 radical (unpaired) electrons. The lowest BCUT2D eigenvalue weighted by molar-refractivity contribution is -0.125. The molecule has 1 aliphatic carbocycles. The molecule has 3 rings (SSSR count). The molecular weight excluding hydrogens is 282 g/mol. The monoisotopic (exact) mass is 307 g/mol. The van der Waals surface area contributed by atoms with Crippen LogP contribution < -0.4 is 10.6 Å². The zero-order valence-corrected chi connectivity index (χ0v) is 13.4. The zero-order chi connectivity index (χ0) is 14.5. The Bertz CT molecular complexity index is 446. The van der Waals surface area contributed by atoms with E-state index < -0.39 is 0 Å². The van der Waals surface area contributed by atoms with E-state index in [2.05, 4.69) is 27.0 Å². The van der Waals surface area contributed by atoms with Gasteiger partial charge in [0.1, 0.15) is 0 Å². The summed E-state index contributed by atoms with van der Waals surface area (Å²) in [6.07, 6.45) is 6.42. The van der Waals surface area contributed by atoms with E-state index in [4.69, 9.17) is 0 Å². The van der Waals surface area contributed by atoms with E-state index in [1.807, 2.05) is 6.07 Å². The largest absolute Gasteiger partial charge is 0.350 e. The van der Waals surface area contributed by atoms with E-state index in [0.717, 1.165) is 19.6 Å². The van der Waals surface area contributed by atoms with Crippen LogP contribution in [0.2, 0.25) is 0 Å². The highest BCUT2D eigenvalue weighted by Gasteiger charge is 2.40. The molecular formula is C16H25N3OS. The first-order valence-corrected chi connectivity index (χ1v) is 8.91. The number of hydrogen-bond acceptors (Lipinski definition) is 4. The van der Waals surface area contributed by atoms with E-state index in [9.17, 15) is 4.79 Å². The molecule has 1 aliphatic heterocycles. The van der Waals surface area contributed by atoms with Gasteiger partial charge in [0.25, 0.3) is 0 Å². The lowest BCUT2D eigenvalue weighted by Gasteiger charge is -2.49. The van der Waals surface area contributed by atoms with Gasteiger partial charge in [-0.25, -0.2) is 0 Å². The smallest absolute Gasteiger partial charge is 0.234 e. The van der Waals surface area contributed by atoms with E-state index in [-0.39, 0.29) is 11.4 Å². The number of carbonyl (C=O) groups excluding carboxylic acids is 1. The maximum atomic E-state index is 12.3. The van der Waals surface area contributed by atoms with E-state index in [0.29, 0.717) is 13.1 Å². The van der Waals surface area contributed by atoms with Crippen LogP contribution >= 0.6 is 11.3 Å². The number of carbonyl (C=O) groups is 1. The van der Waals surface area contributed by atoms with E-state index in [1.54, 1.807) is 11.3 Å². The predicted molar refractivity (Wildman–Crippen MR) is 86.4 cm³/mol. The van der Waals surface area contributed by atoms with Crippen LogP contribution in [0, 0.1) is 0 Å². The van der Waals surface area contributed by atoms with Crippen molar-refractivity contribution in [2.75, 3.05) is 26.2 Å². The molecule has 1 aromatic heterocycles. The Labute approximate surface area is 130 Å². The summed E-state index contributed by atoms with van der Waals surface area (Å²) in [5, 5.41) is 8.65. The van der Waals surface area contributed by atoms with Crippen LogP contribution in [0.1, 0.15) is 37.0 Å². The standard InChI is InChI=1S/C16H25N3OS/c20-15(18-11-14-5-4-10-21-14)12-19-9-8-17-13-16(19)6-2-1-3-7-16/h4-5,10,17H,1-3,6-9,11-13H2,(H,18,20). The molecule has 0 bridgehead atoms. The third-order valence-electron chi connectivity index (χ3n) is 4.84. The van der Waals surface area contributed by atoms with Gasteiger partial charge in [-0.15, -0.1) is 11.3 Å². The molecule has 21 heavy (non-hydrogen) atoms. The van der Waals surface area contributed by atoms with Crippen molar-refractivity contribution in [2.45, 2.75) is 44.2 Å². The second-order valence-electron chi connectivity index (χ2n) is 6.24. The van der Waals surface area contributed by atoms with Gasteiger partial charge in [-0.2, -0.15) is 0 Å². The third-order valence-corrected chi connectivity index (χ3v) is 5.72. The van der Waals surface area contributed by atoms with Crippen LogP contribution in [0.5, 0.6) is 0 Å². The van der Waals surface area contributed by atoms with E-state index in [1.165, 1.54) is 37.0 Å². The lowest BCUT2D eigenvalue weighted by atomic mass is 9.79. The Morgan fingerprint density at radius 2 is 2.24 bits per heavy atom. The average Bonchev–Trinajstić information content (AvgIpc) is 3.02. The minimum absolute atomic E-state index is 0.162. The quantitative estimate of drug-likeness (QED) is 0.894. The topological polar surface area (TPSA) is 44.4 Å². The SMILES string of the molecule is O=C(CN1CCNCC12CCCCC2)NCc1cccs1. The molecule has 2 fully saturated rings. The number of amides is 1. The lowest BCUT2D eigenvalue weighted by Crippen LogP contribution is -2.63. The normalized spacial score (nSPS) is 22.3. The second kappa shape index (κ2) is 6.90. The van der Waals surface area contributed by atoms with Gasteiger partial charge in [-0.3, -0.25) is 9.69 Å². The number of nitrogens with one attached hydrogen (secondary N) is 2. The summed E-state index contributed by atoms with van der Waals surface area (Å²) in [7, 11) is 0. The molecule has 4 nitrogen and oxygen atoms in total. The van der Waals surface area contributed by atoms with Crippen molar-refractivity contribution in [1.82, 2.24) is 15.5 Å². The van der Waals surface area contributed by atoms with Gasteiger partial charge in [-0.05, 0) is 24.3 Å². The van der Waals surface area contributed by atoms with Crippen molar-refractivity contribution in [3.8, 4) is 0 Å². The van der Waals surface area contributed by atoms with Gasteiger partial charge in [0.2, 0.25) is 5.91 Å². The molecule has 2 heterocycles. The summed E-state index contributed by atoms with van der Waals surface area (Å²) in [6.45, 7) is 4.25. The van der Waals surface area contributed by atoms with Crippen molar-refractivity contribution in [3.05, 3.63) is 22.4 Å². The zero-order valence-electron chi connectivity index (χ0n) is 12.6. The first-order chi connectivity index (χ1) is 10.3. The van der Waals surface area contributed by atoms with Crippen molar-refractivity contribution < 1.29 is 4.79 Å². The molecule has 116 valence electrons. The van der Waals surface area contributed by atoms with Gasteiger partial charge < -0.3 is 10.6 Å². The molecule has 2 N–H and O–H groups in total. The molecule has 2 aliphatic rings. The minimum atomic E-state index is 0.162. The molecule has 1 spiro atoms. The van der Waals surface area contributed by atoms with Crippen molar-refractivity contribution in [1.29, 1.82) is 0 Å². The fourth-order valence-electron chi connectivity index (χ4n) is 3.66. The summed E-state index contributed by atoms with van der Waals surface area (Å²) in [5.41, 5.74) is 0.233. The first kappa shape index (κ1) is 15.0. The van der Waals surface area contributed by atoms with E-state index >= 15 is 0 Å². The number of rotatable bonds is 4. The highest BCUT2D eigenvalue weighted by atomic mass is 32.1. The van der Waals surface area contributed by atoms with Crippen molar-refractivity contribution in [3.63, 3.8) is 0 Å². The molecule has 5 heteroatoms. The number of hydrogen-bond donors (Lipinski definition) is 2. The van der Waals surface area contributed by atoms with Crippen LogP contribution in [0.15, 0.2) is 17.5 Å². The maximum absolute atomic E-state index is 12.3. The molecule has 1 amide bonds. The Hall–Kier alpha value is -0.910. The Kier molecular flexibility index (Phi) is 4.93. The van der Waals surface area contributed by atoms with Gasteiger partial charge >= 0.3 is 0 Å². The first-order valence-electron chi connectivity index (χ1n) is 8.03. The van der Waals surface area contributed by atoms with Crippen molar-refractivity contribution in [2.24, 2.45) is 0 Å². The van der Waals surface area contributed by atoms with Gasteiger partial charge in [0.15, 0.2) is 0 Å². The predicted octanol–water partition coefficient (Wildman–Crippen LogP) is 1.97. The summed E-state index contributed by atoms with van der Waals surface area (Å²) < 4.78 is 0. The molecule has 0 aromatic carbocycles. The maximum Gasteiger partial charge on any atom is 0.234 e. The van der Waals surface area contributed by atoms with Crippen LogP contribution in [-0.4, -0.2) is 42.5 Å². The summed E-state index contributed by atoms with van der Waals surface area (Å²) >= 11 is 1.69. The average molecular weight is 307 g/mol.